The topological polar surface area (TPSA) is 57.5 Å². The van der Waals surface area contributed by atoms with Gasteiger partial charge < -0.3 is 10.2 Å². The Morgan fingerprint density at radius 3 is 2.23 bits per heavy atom. The Labute approximate surface area is 77.8 Å². The van der Waals surface area contributed by atoms with Gasteiger partial charge in [0.15, 0.2) is 6.10 Å². The fraction of sp³-hybridized carbons (Fsp3) is 0.900. The van der Waals surface area contributed by atoms with Crippen LogP contribution in [-0.2, 0) is 4.79 Å². The van der Waals surface area contributed by atoms with E-state index in [1.54, 1.807) is 0 Å². The molecule has 0 aromatic carbocycles. The second-order valence-corrected chi connectivity index (χ2v) is 4.46. The third-order valence-electron chi connectivity index (χ3n) is 3.77. The fourth-order valence-corrected chi connectivity index (χ4v) is 2.80. The Morgan fingerprint density at radius 2 is 1.85 bits per heavy atom. The van der Waals surface area contributed by atoms with Crippen LogP contribution in [-0.4, -0.2) is 22.3 Å². The second kappa shape index (κ2) is 2.98. The molecule has 0 aliphatic heterocycles. The lowest BCUT2D eigenvalue weighted by Crippen LogP contribution is -2.35. The summed E-state index contributed by atoms with van der Waals surface area (Å²) in [6.07, 6.45) is 5.35. The van der Waals surface area contributed by atoms with Crippen molar-refractivity contribution < 1.29 is 15.0 Å². The zero-order chi connectivity index (χ0) is 9.47. The van der Waals surface area contributed by atoms with E-state index in [0.29, 0.717) is 5.92 Å². The van der Waals surface area contributed by atoms with Crippen molar-refractivity contribution in [1.29, 1.82) is 0 Å². The van der Waals surface area contributed by atoms with Gasteiger partial charge in [0.2, 0.25) is 0 Å². The zero-order valence-corrected chi connectivity index (χ0v) is 7.70. The molecule has 2 rings (SSSR count). The SMILES string of the molecule is O=C(O)C(O)C1(C2CCCC2)CC1. The Kier molecular flexibility index (Phi) is 2.06. The van der Waals surface area contributed by atoms with Crippen molar-refractivity contribution in [2.45, 2.75) is 44.6 Å². The predicted octanol–water partition coefficient (Wildman–Crippen LogP) is 1.40. The van der Waals surface area contributed by atoms with Crippen LogP contribution < -0.4 is 0 Å². The molecule has 13 heavy (non-hydrogen) atoms. The largest absolute Gasteiger partial charge is 0.479 e. The maximum atomic E-state index is 10.7. The molecule has 0 amide bonds. The highest BCUT2D eigenvalue weighted by molar-refractivity contribution is 5.73. The summed E-state index contributed by atoms with van der Waals surface area (Å²) in [7, 11) is 0. The molecular weight excluding hydrogens is 168 g/mol. The average molecular weight is 184 g/mol. The monoisotopic (exact) mass is 184 g/mol. The first kappa shape index (κ1) is 9.00. The average Bonchev–Trinajstić information content (AvgIpc) is 2.72. The molecule has 1 unspecified atom stereocenters. The van der Waals surface area contributed by atoms with Gasteiger partial charge >= 0.3 is 5.97 Å². The maximum absolute atomic E-state index is 10.7. The normalized spacial score (nSPS) is 28.7. The molecule has 0 heterocycles. The minimum Gasteiger partial charge on any atom is -0.479 e. The van der Waals surface area contributed by atoms with E-state index in [1.165, 1.54) is 12.8 Å². The highest BCUT2D eigenvalue weighted by Crippen LogP contribution is 2.59. The van der Waals surface area contributed by atoms with Crippen molar-refractivity contribution in [3.8, 4) is 0 Å². The maximum Gasteiger partial charge on any atom is 0.333 e. The van der Waals surface area contributed by atoms with Gasteiger partial charge in [0, 0.05) is 5.41 Å². The Bertz CT molecular complexity index is 214. The lowest BCUT2D eigenvalue weighted by molar-refractivity contribution is -0.152. The van der Waals surface area contributed by atoms with Crippen LogP contribution in [0.3, 0.4) is 0 Å². The third kappa shape index (κ3) is 1.35. The minimum atomic E-state index is -1.12. The highest BCUT2D eigenvalue weighted by atomic mass is 16.4. The number of rotatable bonds is 3. The summed E-state index contributed by atoms with van der Waals surface area (Å²) in [6.45, 7) is 0. The van der Waals surface area contributed by atoms with Crippen LogP contribution >= 0.6 is 0 Å². The predicted molar refractivity (Wildman–Crippen MR) is 47.3 cm³/mol. The van der Waals surface area contributed by atoms with E-state index >= 15 is 0 Å². The van der Waals surface area contributed by atoms with Gasteiger partial charge in [0.1, 0.15) is 0 Å². The number of aliphatic hydroxyl groups excluding tert-OH is 1. The lowest BCUT2D eigenvalue weighted by Gasteiger charge is -2.25. The van der Waals surface area contributed by atoms with Crippen LogP contribution in [0.4, 0.5) is 0 Å². The molecule has 0 radical (unpaired) electrons. The first-order chi connectivity index (χ1) is 6.17. The van der Waals surface area contributed by atoms with E-state index in [0.717, 1.165) is 25.7 Å². The number of carboxylic acid groups (broad SMARTS) is 1. The summed E-state index contributed by atoms with van der Waals surface area (Å²) >= 11 is 0. The summed E-state index contributed by atoms with van der Waals surface area (Å²) in [5.41, 5.74) is -0.234. The second-order valence-electron chi connectivity index (χ2n) is 4.46. The highest BCUT2D eigenvalue weighted by Gasteiger charge is 2.57. The van der Waals surface area contributed by atoms with Gasteiger partial charge in [-0.15, -0.1) is 0 Å². The van der Waals surface area contributed by atoms with Crippen molar-refractivity contribution in [3.63, 3.8) is 0 Å². The summed E-state index contributed by atoms with van der Waals surface area (Å²) in [6, 6.07) is 0. The van der Waals surface area contributed by atoms with Crippen molar-refractivity contribution in [2.24, 2.45) is 11.3 Å². The summed E-state index contributed by atoms with van der Waals surface area (Å²) in [4.78, 5) is 10.7. The van der Waals surface area contributed by atoms with Gasteiger partial charge in [-0.05, 0) is 31.6 Å². The Morgan fingerprint density at radius 1 is 1.31 bits per heavy atom. The number of carboxylic acids is 1. The van der Waals surface area contributed by atoms with Crippen LogP contribution in [0.1, 0.15) is 38.5 Å². The molecule has 74 valence electrons. The van der Waals surface area contributed by atoms with E-state index < -0.39 is 12.1 Å². The molecule has 2 aliphatic carbocycles. The number of aliphatic hydroxyl groups is 1. The van der Waals surface area contributed by atoms with Crippen LogP contribution in [0.25, 0.3) is 0 Å². The molecule has 1 atom stereocenters. The minimum absolute atomic E-state index is 0.234. The first-order valence-electron chi connectivity index (χ1n) is 5.08. The quantitative estimate of drug-likeness (QED) is 0.697. The molecule has 2 saturated carbocycles. The summed E-state index contributed by atoms with van der Waals surface area (Å²) < 4.78 is 0. The molecule has 2 N–H and O–H groups in total. The molecule has 0 bridgehead atoms. The van der Waals surface area contributed by atoms with Crippen LogP contribution in [0.15, 0.2) is 0 Å². The van der Waals surface area contributed by atoms with Gasteiger partial charge in [-0.25, -0.2) is 4.79 Å². The fourth-order valence-electron chi connectivity index (χ4n) is 2.80. The van der Waals surface area contributed by atoms with Gasteiger partial charge in [0.25, 0.3) is 0 Å². The van der Waals surface area contributed by atoms with E-state index in [9.17, 15) is 9.90 Å². The van der Waals surface area contributed by atoms with E-state index in [1.807, 2.05) is 0 Å². The van der Waals surface area contributed by atoms with E-state index in [-0.39, 0.29) is 5.41 Å². The molecule has 0 aromatic rings. The lowest BCUT2D eigenvalue weighted by atomic mass is 9.83. The van der Waals surface area contributed by atoms with Crippen molar-refractivity contribution in [3.05, 3.63) is 0 Å². The molecular formula is C10H16O3. The molecule has 3 heteroatoms. The van der Waals surface area contributed by atoms with Gasteiger partial charge in [0.05, 0.1) is 0 Å². The molecule has 0 aromatic heterocycles. The van der Waals surface area contributed by atoms with Gasteiger partial charge in [-0.1, -0.05) is 12.8 Å². The van der Waals surface area contributed by atoms with E-state index in [4.69, 9.17) is 5.11 Å². The van der Waals surface area contributed by atoms with Crippen molar-refractivity contribution >= 4 is 5.97 Å². The van der Waals surface area contributed by atoms with Crippen LogP contribution in [0, 0.1) is 11.3 Å². The van der Waals surface area contributed by atoms with Crippen molar-refractivity contribution in [1.82, 2.24) is 0 Å². The molecule has 0 spiro atoms. The van der Waals surface area contributed by atoms with E-state index in [2.05, 4.69) is 0 Å². The number of hydrogen-bond donors (Lipinski definition) is 2. The molecule has 2 aliphatic rings. The standard InChI is InChI=1S/C10H16O3/c11-8(9(12)13)10(5-6-10)7-3-1-2-4-7/h7-8,11H,1-6H2,(H,12,13). The van der Waals surface area contributed by atoms with Crippen LogP contribution in [0.5, 0.6) is 0 Å². The molecule has 0 saturated heterocycles. The number of carbonyl (C=O) groups is 1. The Hall–Kier alpha value is -0.570. The number of hydrogen-bond acceptors (Lipinski definition) is 2. The first-order valence-corrected chi connectivity index (χ1v) is 5.08. The van der Waals surface area contributed by atoms with Gasteiger partial charge in [-0.3, -0.25) is 0 Å². The van der Waals surface area contributed by atoms with Crippen LogP contribution in [0.2, 0.25) is 0 Å². The smallest absolute Gasteiger partial charge is 0.333 e. The molecule has 3 nitrogen and oxygen atoms in total. The zero-order valence-electron chi connectivity index (χ0n) is 7.70. The summed E-state index contributed by atoms with van der Waals surface area (Å²) in [5.74, 6) is -0.567. The number of aliphatic carboxylic acids is 1. The van der Waals surface area contributed by atoms with Gasteiger partial charge in [-0.2, -0.15) is 0 Å². The Balaban J connectivity index is 2.06. The van der Waals surface area contributed by atoms with Crippen molar-refractivity contribution in [2.75, 3.05) is 0 Å². The third-order valence-corrected chi connectivity index (χ3v) is 3.77. The molecule has 2 fully saturated rings. The summed E-state index contributed by atoms with van der Waals surface area (Å²) in [5, 5.41) is 18.3.